The molecule has 0 fully saturated rings. The van der Waals surface area contributed by atoms with Gasteiger partial charge in [0.25, 0.3) is 0 Å². The number of hydrogen-bond acceptors (Lipinski definition) is 2. The molecule has 0 heterocycles. The Morgan fingerprint density at radius 3 is 2.12 bits per heavy atom. The van der Waals surface area contributed by atoms with Gasteiger partial charge in [0.2, 0.25) is 0 Å². The Bertz CT molecular complexity index is 351. The van der Waals surface area contributed by atoms with Crippen LogP contribution >= 0.6 is 12.4 Å². The zero-order valence-corrected chi connectivity index (χ0v) is 11.0. The molecule has 0 aliphatic heterocycles. The zero-order valence-electron chi connectivity index (χ0n) is 10.2. The molecule has 0 radical (unpaired) electrons. The van der Waals surface area contributed by atoms with Gasteiger partial charge >= 0.3 is 0 Å². The van der Waals surface area contributed by atoms with Crippen LogP contribution in [-0.4, -0.2) is 7.11 Å². The van der Waals surface area contributed by atoms with Crippen LogP contribution in [0.5, 0.6) is 5.75 Å². The number of ether oxygens (including phenoxy) is 1. The highest BCUT2D eigenvalue weighted by Gasteiger charge is 2.22. The third-order valence-electron chi connectivity index (χ3n) is 2.88. The predicted octanol–water partition coefficient (Wildman–Crippen LogP) is 3.44. The van der Waals surface area contributed by atoms with Crippen LogP contribution in [0.3, 0.4) is 0 Å². The Balaban J connectivity index is 0.00000256. The van der Waals surface area contributed by atoms with Gasteiger partial charge in [0.1, 0.15) is 17.4 Å². The molecule has 0 aliphatic carbocycles. The summed E-state index contributed by atoms with van der Waals surface area (Å²) >= 11 is 0. The van der Waals surface area contributed by atoms with Gasteiger partial charge in [0.05, 0.1) is 7.11 Å². The second-order valence-electron chi connectivity index (χ2n) is 3.92. The van der Waals surface area contributed by atoms with Gasteiger partial charge in [-0.3, -0.25) is 0 Å². The van der Waals surface area contributed by atoms with Crippen LogP contribution in [0.4, 0.5) is 8.78 Å². The van der Waals surface area contributed by atoms with E-state index in [4.69, 9.17) is 10.5 Å². The monoisotopic (exact) mass is 265 g/mol. The highest BCUT2D eigenvalue weighted by Crippen LogP contribution is 2.29. The molecule has 2 N–H and O–H groups in total. The van der Waals surface area contributed by atoms with Crippen molar-refractivity contribution >= 4 is 12.4 Å². The smallest absolute Gasteiger partial charge is 0.134 e. The van der Waals surface area contributed by atoms with E-state index in [0.29, 0.717) is 0 Å². The van der Waals surface area contributed by atoms with Crippen molar-refractivity contribution in [1.29, 1.82) is 0 Å². The summed E-state index contributed by atoms with van der Waals surface area (Å²) in [6, 6.07) is 1.68. The SMILES string of the molecule is CCC(C)[C@H](N)c1c(F)cc(OC)cc1F.Cl. The summed E-state index contributed by atoms with van der Waals surface area (Å²) in [4.78, 5) is 0. The maximum absolute atomic E-state index is 13.6. The Kier molecular flexibility index (Phi) is 6.42. The van der Waals surface area contributed by atoms with Crippen molar-refractivity contribution in [3.8, 4) is 5.75 Å². The van der Waals surface area contributed by atoms with E-state index in [1.807, 2.05) is 13.8 Å². The predicted molar refractivity (Wildman–Crippen MR) is 66.5 cm³/mol. The molecule has 0 amide bonds. The lowest BCUT2D eigenvalue weighted by Gasteiger charge is -2.20. The van der Waals surface area contributed by atoms with E-state index >= 15 is 0 Å². The lowest BCUT2D eigenvalue weighted by atomic mass is 9.92. The van der Waals surface area contributed by atoms with Crippen LogP contribution in [0.25, 0.3) is 0 Å². The molecule has 0 bridgehead atoms. The lowest BCUT2D eigenvalue weighted by Crippen LogP contribution is -2.21. The number of halogens is 3. The fourth-order valence-electron chi connectivity index (χ4n) is 1.54. The fraction of sp³-hybridized carbons (Fsp3) is 0.500. The highest BCUT2D eigenvalue weighted by atomic mass is 35.5. The van der Waals surface area contributed by atoms with Crippen molar-refractivity contribution < 1.29 is 13.5 Å². The van der Waals surface area contributed by atoms with Gasteiger partial charge in [-0.15, -0.1) is 12.4 Å². The van der Waals surface area contributed by atoms with Gasteiger partial charge in [0.15, 0.2) is 0 Å². The number of hydrogen-bond donors (Lipinski definition) is 1. The van der Waals surface area contributed by atoms with E-state index in [1.165, 1.54) is 7.11 Å². The summed E-state index contributed by atoms with van der Waals surface area (Å²) < 4.78 is 32.1. The Hall–Kier alpha value is -0.870. The second-order valence-corrected chi connectivity index (χ2v) is 3.92. The quantitative estimate of drug-likeness (QED) is 0.905. The maximum atomic E-state index is 13.6. The van der Waals surface area contributed by atoms with Crippen molar-refractivity contribution in [2.24, 2.45) is 11.7 Å². The minimum atomic E-state index is -0.648. The zero-order chi connectivity index (χ0) is 12.3. The van der Waals surface area contributed by atoms with Crippen molar-refractivity contribution in [3.63, 3.8) is 0 Å². The molecular weight excluding hydrogens is 248 g/mol. The van der Waals surface area contributed by atoms with E-state index in [0.717, 1.165) is 18.6 Å². The molecule has 17 heavy (non-hydrogen) atoms. The molecule has 98 valence electrons. The third-order valence-corrected chi connectivity index (χ3v) is 2.88. The molecule has 1 rings (SSSR count). The van der Waals surface area contributed by atoms with Gasteiger partial charge < -0.3 is 10.5 Å². The van der Waals surface area contributed by atoms with Crippen LogP contribution < -0.4 is 10.5 Å². The summed E-state index contributed by atoms with van der Waals surface area (Å²) in [6.45, 7) is 3.80. The molecule has 0 saturated carbocycles. The number of nitrogens with two attached hydrogens (primary N) is 1. The topological polar surface area (TPSA) is 35.2 Å². The first-order valence-corrected chi connectivity index (χ1v) is 5.29. The Labute approximate surface area is 107 Å². The lowest BCUT2D eigenvalue weighted by molar-refractivity contribution is 0.392. The van der Waals surface area contributed by atoms with Crippen molar-refractivity contribution in [1.82, 2.24) is 0 Å². The molecule has 5 heteroatoms. The van der Waals surface area contributed by atoms with E-state index in [1.54, 1.807) is 0 Å². The Morgan fingerprint density at radius 1 is 1.29 bits per heavy atom. The van der Waals surface area contributed by atoms with E-state index in [2.05, 4.69) is 0 Å². The fourth-order valence-corrected chi connectivity index (χ4v) is 1.54. The van der Waals surface area contributed by atoms with E-state index in [-0.39, 0.29) is 29.6 Å². The van der Waals surface area contributed by atoms with Gasteiger partial charge in [0, 0.05) is 23.7 Å². The van der Waals surface area contributed by atoms with Gasteiger partial charge in [-0.25, -0.2) is 8.78 Å². The van der Waals surface area contributed by atoms with E-state index < -0.39 is 17.7 Å². The highest BCUT2D eigenvalue weighted by molar-refractivity contribution is 5.85. The molecule has 0 aromatic heterocycles. The van der Waals surface area contributed by atoms with Crippen LogP contribution in [0, 0.1) is 17.6 Å². The summed E-state index contributed by atoms with van der Waals surface area (Å²) in [6.07, 6.45) is 0.770. The molecule has 1 aromatic rings. The summed E-state index contributed by atoms with van der Waals surface area (Å²) in [5, 5.41) is 0. The number of benzene rings is 1. The summed E-state index contributed by atoms with van der Waals surface area (Å²) in [5.41, 5.74) is 5.76. The standard InChI is InChI=1S/C12H17F2NO.ClH/c1-4-7(2)12(15)11-9(13)5-8(16-3)6-10(11)14;/h5-7,12H,4,15H2,1-3H3;1H/t7?,12-;/m0./s1. The minimum absolute atomic E-state index is 0. The number of rotatable bonds is 4. The summed E-state index contributed by atoms with van der Waals surface area (Å²) in [7, 11) is 1.36. The first-order valence-electron chi connectivity index (χ1n) is 5.29. The molecule has 0 saturated heterocycles. The largest absolute Gasteiger partial charge is 0.497 e. The molecule has 1 aromatic carbocycles. The third kappa shape index (κ3) is 3.54. The first kappa shape index (κ1) is 16.1. The van der Waals surface area contributed by atoms with Crippen molar-refractivity contribution in [2.45, 2.75) is 26.3 Å². The maximum Gasteiger partial charge on any atom is 0.134 e. The number of methoxy groups -OCH3 is 1. The first-order chi connectivity index (χ1) is 7.51. The Morgan fingerprint density at radius 2 is 1.76 bits per heavy atom. The average Bonchev–Trinajstić information content (AvgIpc) is 2.26. The second kappa shape index (κ2) is 6.77. The average molecular weight is 266 g/mol. The van der Waals surface area contributed by atoms with Gasteiger partial charge in [-0.05, 0) is 5.92 Å². The minimum Gasteiger partial charge on any atom is -0.497 e. The van der Waals surface area contributed by atoms with Gasteiger partial charge in [-0.2, -0.15) is 0 Å². The molecule has 1 unspecified atom stereocenters. The van der Waals surface area contributed by atoms with Crippen LogP contribution in [0.15, 0.2) is 12.1 Å². The van der Waals surface area contributed by atoms with Crippen LogP contribution in [0.1, 0.15) is 31.9 Å². The normalized spacial score (nSPS) is 13.8. The van der Waals surface area contributed by atoms with Crippen molar-refractivity contribution in [2.75, 3.05) is 7.11 Å². The summed E-state index contributed by atoms with van der Waals surface area (Å²) in [5.74, 6) is -1.11. The van der Waals surface area contributed by atoms with Crippen molar-refractivity contribution in [3.05, 3.63) is 29.3 Å². The molecule has 0 spiro atoms. The molecular formula is C12H18ClF2NO. The van der Waals surface area contributed by atoms with E-state index in [9.17, 15) is 8.78 Å². The molecule has 2 nitrogen and oxygen atoms in total. The van der Waals surface area contributed by atoms with Crippen LogP contribution in [0.2, 0.25) is 0 Å². The van der Waals surface area contributed by atoms with Crippen LogP contribution in [-0.2, 0) is 0 Å². The van der Waals surface area contributed by atoms with Gasteiger partial charge in [-0.1, -0.05) is 20.3 Å². The molecule has 2 atom stereocenters. The molecule has 0 aliphatic rings.